The van der Waals surface area contributed by atoms with Crippen molar-refractivity contribution in [1.82, 2.24) is 4.98 Å². The van der Waals surface area contributed by atoms with E-state index in [1.54, 1.807) is 31.4 Å². The van der Waals surface area contributed by atoms with Gasteiger partial charge in [-0.1, -0.05) is 18.2 Å². The van der Waals surface area contributed by atoms with Crippen molar-refractivity contribution in [2.45, 2.75) is 13.0 Å². The number of para-hydroxylation sites is 1. The highest BCUT2D eigenvalue weighted by Crippen LogP contribution is 2.20. The molecule has 100 valence electrons. The van der Waals surface area contributed by atoms with Crippen LogP contribution < -0.4 is 5.32 Å². The Bertz CT molecular complexity index is 598. The monoisotopic (exact) mass is 260 g/mol. The topological polar surface area (TPSA) is 71.5 Å². The van der Waals surface area contributed by atoms with Gasteiger partial charge in [-0.15, -0.1) is 0 Å². The van der Waals surface area contributed by atoms with E-state index in [-0.39, 0.29) is 11.7 Å². The molecule has 2 aromatic rings. The van der Waals surface area contributed by atoms with E-state index in [1.165, 1.54) is 0 Å². The van der Waals surface area contributed by atoms with Crippen molar-refractivity contribution in [1.29, 1.82) is 0 Å². The van der Waals surface area contributed by atoms with Crippen LogP contribution in [0.5, 0.6) is 0 Å². The highest BCUT2D eigenvalue weighted by Gasteiger charge is 2.11. The van der Waals surface area contributed by atoms with Crippen molar-refractivity contribution in [3.05, 3.63) is 35.9 Å². The Kier molecular flexibility index (Phi) is 3.97. The van der Waals surface area contributed by atoms with Crippen molar-refractivity contribution in [2.24, 2.45) is 0 Å². The molecule has 2 rings (SSSR count). The number of rotatable bonds is 5. The number of ether oxygens (including phenoxy) is 1. The third-order valence-electron chi connectivity index (χ3n) is 2.92. The zero-order valence-corrected chi connectivity index (χ0v) is 10.9. The van der Waals surface area contributed by atoms with E-state index in [1.807, 2.05) is 13.0 Å². The number of carbonyl (C=O) groups is 1. The summed E-state index contributed by atoms with van der Waals surface area (Å²) >= 11 is 0. The van der Waals surface area contributed by atoms with Gasteiger partial charge < -0.3 is 15.2 Å². The molecule has 0 radical (unpaired) electrons. The first-order chi connectivity index (χ1) is 9.11. The molecule has 19 heavy (non-hydrogen) atoms. The van der Waals surface area contributed by atoms with Gasteiger partial charge in [0, 0.05) is 19.0 Å². The molecule has 0 amide bonds. The average molecular weight is 260 g/mol. The summed E-state index contributed by atoms with van der Waals surface area (Å²) in [5.41, 5.74) is 0.910. The Morgan fingerprint density at radius 1 is 1.47 bits per heavy atom. The van der Waals surface area contributed by atoms with Crippen LogP contribution in [-0.2, 0) is 4.74 Å². The first-order valence-corrected chi connectivity index (χ1v) is 6.01. The van der Waals surface area contributed by atoms with E-state index in [2.05, 4.69) is 10.3 Å². The third-order valence-corrected chi connectivity index (χ3v) is 2.92. The standard InChI is InChI=1S/C14H16N2O3/c1-9(19-2)8-15-13-7-11(14(17)18)10-5-3-4-6-12(10)16-13/h3-7,9H,8H2,1-2H3,(H,15,16)(H,17,18). The number of benzene rings is 1. The molecule has 1 aromatic carbocycles. The molecule has 5 heteroatoms. The number of hydrogen-bond donors (Lipinski definition) is 2. The SMILES string of the molecule is COC(C)CNc1cc(C(=O)O)c2ccccc2n1. The smallest absolute Gasteiger partial charge is 0.336 e. The lowest BCUT2D eigenvalue weighted by Gasteiger charge is -2.12. The number of carboxylic acids is 1. The fraction of sp³-hybridized carbons (Fsp3) is 0.286. The molecule has 1 heterocycles. The molecule has 2 N–H and O–H groups in total. The maximum Gasteiger partial charge on any atom is 0.336 e. The summed E-state index contributed by atoms with van der Waals surface area (Å²) in [7, 11) is 1.63. The summed E-state index contributed by atoms with van der Waals surface area (Å²) in [6.07, 6.45) is 0.0292. The Morgan fingerprint density at radius 3 is 2.89 bits per heavy atom. The molecular weight excluding hydrogens is 244 g/mol. The average Bonchev–Trinajstić information content (AvgIpc) is 2.43. The molecule has 1 atom stereocenters. The molecule has 0 spiro atoms. The predicted octanol–water partition coefficient (Wildman–Crippen LogP) is 2.38. The van der Waals surface area contributed by atoms with Gasteiger partial charge in [0.1, 0.15) is 5.82 Å². The Balaban J connectivity index is 2.38. The molecule has 5 nitrogen and oxygen atoms in total. The second-order valence-corrected chi connectivity index (χ2v) is 4.30. The molecule has 0 fully saturated rings. The minimum Gasteiger partial charge on any atom is -0.478 e. The highest BCUT2D eigenvalue weighted by atomic mass is 16.5. The number of anilines is 1. The fourth-order valence-corrected chi connectivity index (χ4v) is 1.77. The maximum absolute atomic E-state index is 11.3. The third kappa shape index (κ3) is 3.00. The quantitative estimate of drug-likeness (QED) is 0.863. The van der Waals surface area contributed by atoms with Crippen molar-refractivity contribution in [3.8, 4) is 0 Å². The van der Waals surface area contributed by atoms with Crippen molar-refractivity contribution >= 4 is 22.7 Å². The number of nitrogens with zero attached hydrogens (tertiary/aromatic N) is 1. The second kappa shape index (κ2) is 5.67. The van der Waals surface area contributed by atoms with Gasteiger partial charge in [0.05, 0.1) is 17.2 Å². The summed E-state index contributed by atoms with van der Waals surface area (Å²) in [6, 6.07) is 8.74. The number of aromatic nitrogens is 1. The second-order valence-electron chi connectivity index (χ2n) is 4.30. The van der Waals surface area contributed by atoms with Gasteiger partial charge in [0.25, 0.3) is 0 Å². The molecular formula is C14H16N2O3. The van der Waals surface area contributed by atoms with Crippen LogP contribution in [0.3, 0.4) is 0 Å². The first kappa shape index (κ1) is 13.3. The molecule has 0 aliphatic heterocycles. The Labute approximate surface area is 111 Å². The minimum atomic E-state index is -0.957. The normalized spacial score (nSPS) is 12.3. The summed E-state index contributed by atoms with van der Waals surface area (Å²) in [5.74, 6) is -0.415. The largest absolute Gasteiger partial charge is 0.478 e. The maximum atomic E-state index is 11.3. The van der Waals surface area contributed by atoms with Crippen LogP contribution in [0.15, 0.2) is 30.3 Å². The summed E-state index contributed by atoms with van der Waals surface area (Å²) in [4.78, 5) is 15.7. The van der Waals surface area contributed by atoms with E-state index >= 15 is 0 Å². The number of hydrogen-bond acceptors (Lipinski definition) is 4. The van der Waals surface area contributed by atoms with Gasteiger partial charge in [-0.25, -0.2) is 9.78 Å². The first-order valence-electron chi connectivity index (χ1n) is 6.01. The van der Waals surface area contributed by atoms with Gasteiger partial charge >= 0.3 is 5.97 Å². The number of fused-ring (bicyclic) bond motifs is 1. The lowest BCUT2D eigenvalue weighted by Crippen LogP contribution is -2.19. The van der Waals surface area contributed by atoms with Gasteiger partial charge in [-0.2, -0.15) is 0 Å². The van der Waals surface area contributed by atoms with Crippen LogP contribution in [0.4, 0.5) is 5.82 Å². The van der Waals surface area contributed by atoms with Gasteiger partial charge in [-0.05, 0) is 19.1 Å². The van der Waals surface area contributed by atoms with Gasteiger partial charge in [0.2, 0.25) is 0 Å². The molecule has 1 aromatic heterocycles. The lowest BCUT2D eigenvalue weighted by molar-refractivity contribution is 0.0699. The van der Waals surface area contributed by atoms with Crippen molar-refractivity contribution in [2.75, 3.05) is 19.0 Å². The van der Waals surface area contributed by atoms with Crippen molar-refractivity contribution in [3.63, 3.8) is 0 Å². The van der Waals surface area contributed by atoms with Crippen LogP contribution in [-0.4, -0.2) is 35.8 Å². The molecule has 0 aliphatic carbocycles. The number of methoxy groups -OCH3 is 1. The van der Waals surface area contributed by atoms with E-state index in [9.17, 15) is 9.90 Å². The van der Waals surface area contributed by atoms with E-state index in [0.29, 0.717) is 23.3 Å². The predicted molar refractivity (Wildman–Crippen MR) is 73.7 cm³/mol. The molecule has 0 bridgehead atoms. The molecule has 0 aliphatic rings. The highest BCUT2D eigenvalue weighted by molar-refractivity contribution is 6.03. The van der Waals surface area contributed by atoms with Crippen molar-refractivity contribution < 1.29 is 14.6 Å². The Morgan fingerprint density at radius 2 is 2.21 bits per heavy atom. The van der Waals surface area contributed by atoms with Gasteiger partial charge in [0.15, 0.2) is 0 Å². The van der Waals surface area contributed by atoms with Crippen LogP contribution in [0.2, 0.25) is 0 Å². The fourth-order valence-electron chi connectivity index (χ4n) is 1.77. The number of aromatic carboxylic acids is 1. The van der Waals surface area contributed by atoms with Gasteiger partial charge in [-0.3, -0.25) is 0 Å². The van der Waals surface area contributed by atoms with E-state index in [4.69, 9.17) is 4.74 Å². The van der Waals surface area contributed by atoms with E-state index < -0.39 is 5.97 Å². The molecule has 0 saturated carbocycles. The molecule has 0 saturated heterocycles. The van der Waals surface area contributed by atoms with Crippen LogP contribution in [0.1, 0.15) is 17.3 Å². The summed E-state index contributed by atoms with van der Waals surface area (Å²) < 4.78 is 5.13. The summed E-state index contributed by atoms with van der Waals surface area (Å²) in [5, 5.41) is 13.0. The minimum absolute atomic E-state index is 0.0292. The number of carboxylic acid groups (broad SMARTS) is 1. The zero-order chi connectivity index (χ0) is 13.8. The Hall–Kier alpha value is -2.14. The van der Waals surface area contributed by atoms with Crippen LogP contribution in [0, 0.1) is 0 Å². The molecule has 1 unspecified atom stereocenters. The lowest BCUT2D eigenvalue weighted by atomic mass is 10.1. The zero-order valence-electron chi connectivity index (χ0n) is 10.9. The van der Waals surface area contributed by atoms with E-state index in [0.717, 1.165) is 0 Å². The van der Waals surface area contributed by atoms with Crippen LogP contribution >= 0.6 is 0 Å². The summed E-state index contributed by atoms with van der Waals surface area (Å²) in [6.45, 7) is 2.49. The number of nitrogens with one attached hydrogen (secondary N) is 1. The van der Waals surface area contributed by atoms with Crippen LogP contribution in [0.25, 0.3) is 10.9 Å². The number of pyridine rings is 1.